The summed E-state index contributed by atoms with van der Waals surface area (Å²) in [7, 11) is 1.65. The molecule has 7 heteroatoms. The van der Waals surface area contributed by atoms with Crippen molar-refractivity contribution < 1.29 is 9.53 Å². The standard InChI is InChI=1S/C18H24N4O2S/c1-12(2)22-16(13-7-9-14(24-3)10-8-13)20-21-18(22)25-15-6-4-5-11-19-17(15)23/h7-10,12,15H,4-6,11H2,1-3H3,(H,19,23)/t15-/m1/s1. The summed E-state index contributed by atoms with van der Waals surface area (Å²) in [6.45, 7) is 4.98. The Labute approximate surface area is 152 Å². The zero-order chi connectivity index (χ0) is 17.8. The molecular weight excluding hydrogens is 336 g/mol. The largest absolute Gasteiger partial charge is 0.497 e. The number of nitrogens with zero attached hydrogens (tertiary/aromatic N) is 3. The number of thioether (sulfide) groups is 1. The van der Waals surface area contributed by atoms with Crippen molar-refractivity contribution in [2.75, 3.05) is 13.7 Å². The van der Waals surface area contributed by atoms with Crippen molar-refractivity contribution in [1.29, 1.82) is 0 Å². The van der Waals surface area contributed by atoms with Gasteiger partial charge < -0.3 is 10.1 Å². The second kappa shape index (κ2) is 7.91. The predicted molar refractivity (Wildman–Crippen MR) is 98.9 cm³/mol. The molecule has 1 aliphatic heterocycles. The molecule has 6 nitrogen and oxygen atoms in total. The van der Waals surface area contributed by atoms with E-state index in [1.807, 2.05) is 24.3 Å². The fourth-order valence-corrected chi connectivity index (χ4v) is 4.14. The van der Waals surface area contributed by atoms with Gasteiger partial charge in [0.15, 0.2) is 11.0 Å². The minimum Gasteiger partial charge on any atom is -0.497 e. The summed E-state index contributed by atoms with van der Waals surface area (Å²) in [6, 6.07) is 7.99. The van der Waals surface area contributed by atoms with E-state index in [2.05, 4.69) is 33.9 Å². The maximum atomic E-state index is 12.2. The highest BCUT2D eigenvalue weighted by Crippen LogP contribution is 2.32. The minimum atomic E-state index is -0.104. The Bertz CT molecular complexity index is 727. The molecule has 0 aliphatic carbocycles. The van der Waals surface area contributed by atoms with E-state index in [0.717, 1.165) is 48.1 Å². The topological polar surface area (TPSA) is 69.0 Å². The number of rotatable bonds is 5. The van der Waals surface area contributed by atoms with Crippen molar-refractivity contribution in [2.24, 2.45) is 0 Å². The van der Waals surface area contributed by atoms with Crippen LogP contribution in [0, 0.1) is 0 Å². The molecule has 0 saturated carbocycles. The lowest BCUT2D eigenvalue weighted by atomic mass is 10.2. The molecule has 1 amide bonds. The Morgan fingerprint density at radius 3 is 2.68 bits per heavy atom. The summed E-state index contributed by atoms with van der Waals surface area (Å²) in [5, 5.41) is 12.5. The number of methoxy groups -OCH3 is 1. The van der Waals surface area contributed by atoms with Gasteiger partial charge in [0, 0.05) is 18.2 Å². The summed E-state index contributed by atoms with van der Waals surface area (Å²) >= 11 is 1.52. The Kier molecular flexibility index (Phi) is 5.63. The molecule has 1 N–H and O–H groups in total. The maximum absolute atomic E-state index is 12.2. The Hall–Kier alpha value is -2.02. The zero-order valence-electron chi connectivity index (χ0n) is 14.9. The van der Waals surface area contributed by atoms with Gasteiger partial charge in [0.25, 0.3) is 0 Å². The van der Waals surface area contributed by atoms with Crippen molar-refractivity contribution in [2.45, 2.75) is 49.6 Å². The van der Waals surface area contributed by atoms with Crippen LogP contribution in [0.2, 0.25) is 0 Å². The van der Waals surface area contributed by atoms with Gasteiger partial charge in [-0.25, -0.2) is 0 Å². The fourth-order valence-electron chi connectivity index (χ4n) is 2.91. The third-order valence-corrected chi connectivity index (χ3v) is 5.49. The van der Waals surface area contributed by atoms with E-state index in [9.17, 15) is 4.79 Å². The Balaban J connectivity index is 1.89. The number of hydrogen-bond acceptors (Lipinski definition) is 5. The third-order valence-electron chi connectivity index (χ3n) is 4.26. The smallest absolute Gasteiger partial charge is 0.233 e. The van der Waals surface area contributed by atoms with Crippen LogP contribution < -0.4 is 10.1 Å². The van der Waals surface area contributed by atoms with E-state index in [1.165, 1.54) is 11.8 Å². The lowest BCUT2D eigenvalue weighted by Crippen LogP contribution is -2.30. The van der Waals surface area contributed by atoms with Crippen molar-refractivity contribution in [3.63, 3.8) is 0 Å². The minimum absolute atomic E-state index is 0.104. The van der Waals surface area contributed by atoms with Crippen LogP contribution in [0.25, 0.3) is 11.4 Å². The molecule has 3 rings (SSSR count). The van der Waals surface area contributed by atoms with Crippen LogP contribution >= 0.6 is 11.8 Å². The molecule has 0 radical (unpaired) electrons. The highest BCUT2D eigenvalue weighted by Gasteiger charge is 2.26. The van der Waals surface area contributed by atoms with Gasteiger partial charge in [-0.15, -0.1) is 10.2 Å². The zero-order valence-corrected chi connectivity index (χ0v) is 15.7. The van der Waals surface area contributed by atoms with E-state index in [4.69, 9.17) is 4.74 Å². The SMILES string of the molecule is COc1ccc(-c2nnc(S[C@@H]3CCCCNC3=O)n2C(C)C)cc1. The lowest BCUT2D eigenvalue weighted by molar-refractivity contribution is -0.120. The van der Waals surface area contributed by atoms with Gasteiger partial charge in [0.1, 0.15) is 5.75 Å². The van der Waals surface area contributed by atoms with E-state index in [1.54, 1.807) is 7.11 Å². The first-order chi connectivity index (χ1) is 12.1. The van der Waals surface area contributed by atoms with Crippen LogP contribution in [-0.4, -0.2) is 39.6 Å². The molecular formula is C18H24N4O2S. The van der Waals surface area contributed by atoms with Gasteiger partial charge >= 0.3 is 0 Å². The van der Waals surface area contributed by atoms with Gasteiger partial charge in [-0.1, -0.05) is 18.2 Å². The van der Waals surface area contributed by atoms with E-state index in [-0.39, 0.29) is 17.2 Å². The summed E-state index contributed by atoms with van der Waals surface area (Å²) in [6.07, 6.45) is 2.97. The Morgan fingerprint density at radius 1 is 1.24 bits per heavy atom. The number of benzene rings is 1. The van der Waals surface area contributed by atoms with Crippen LogP contribution in [0.5, 0.6) is 5.75 Å². The second-order valence-corrected chi connectivity index (χ2v) is 7.56. The second-order valence-electron chi connectivity index (χ2n) is 6.39. The molecule has 1 aliphatic rings. The molecule has 2 heterocycles. The molecule has 0 bridgehead atoms. The van der Waals surface area contributed by atoms with Crippen molar-refractivity contribution in [3.8, 4) is 17.1 Å². The number of carbonyl (C=O) groups excluding carboxylic acids is 1. The van der Waals surface area contributed by atoms with E-state index >= 15 is 0 Å². The van der Waals surface area contributed by atoms with Gasteiger partial charge in [-0.3, -0.25) is 9.36 Å². The van der Waals surface area contributed by atoms with E-state index in [0.29, 0.717) is 0 Å². The lowest BCUT2D eigenvalue weighted by Gasteiger charge is -2.17. The van der Waals surface area contributed by atoms with Crippen LogP contribution in [-0.2, 0) is 4.79 Å². The first-order valence-corrected chi connectivity index (χ1v) is 9.52. The highest BCUT2D eigenvalue weighted by molar-refractivity contribution is 8.00. The molecule has 1 saturated heterocycles. The number of ether oxygens (including phenoxy) is 1. The molecule has 25 heavy (non-hydrogen) atoms. The molecule has 1 fully saturated rings. The van der Waals surface area contributed by atoms with Gasteiger partial charge in [0.05, 0.1) is 12.4 Å². The summed E-state index contributed by atoms with van der Waals surface area (Å²) < 4.78 is 7.32. The molecule has 1 aromatic heterocycles. The quantitative estimate of drug-likeness (QED) is 0.886. The van der Waals surface area contributed by atoms with Crippen molar-refractivity contribution >= 4 is 17.7 Å². The Morgan fingerprint density at radius 2 is 2.00 bits per heavy atom. The van der Waals surface area contributed by atoms with Crippen molar-refractivity contribution in [3.05, 3.63) is 24.3 Å². The van der Waals surface area contributed by atoms with Gasteiger partial charge in [0.2, 0.25) is 5.91 Å². The van der Waals surface area contributed by atoms with Gasteiger partial charge in [-0.2, -0.15) is 0 Å². The number of aromatic nitrogens is 3. The van der Waals surface area contributed by atoms with Crippen molar-refractivity contribution in [1.82, 2.24) is 20.1 Å². The van der Waals surface area contributed by atoms with Crippen LogP contribution in [0.1, 0.15) is 39.2 Å². The number of carbonyl (C=O) groups is 1. The van der Waals surface area contributed by atoms with E-state index < -0.39 is 0 Å². The summed E-state index contributed by atoms with van der Waals surface area (Å²) in [5.41, 5.74) is 0.985. The molecule has 1 atom stereocenters. The first kappa shape index (κ1) is 17.8. The number of hydrogen-bond donors (Lipinski definition) is 1. The molecule has 134 valence electrons. The molecule has 0 spiro atoms. The average molecular weight is 360 g/mol. The maximum Gasteiger partial charge on any atom is 0.233 e. The highest BCUT2D eigenvalue weighted by atomic mass is 32.2. The number of amides is 1. The fraction of sp³-hybridized carbons (Fsp3) is 0.500. The van der Waals surface area contributed by atoms with Crippen LogP contribution in [0.15, 0.2) is 29.4 Å². The molecule has 2 aromatic rings. The summed E-state index contributed by atoms with van der Waals surface area (Å²) in [4.78, 5) is 12.2. The van der Waals surface area contributed by atoms with Crippen LogP contribution in [0.3, 0.4) is 0 Å². The predicted octanol–water partition coefficient (Wildman–Crippen LogP) is 3.30. The normalized spacial score (nSPS) is 18.1. The average Bonchev–Trinajstić information content (AvgIpc) is 2.93. The monoisotopic (exact) mass is 360 g/mol. The molecule has 1 aromatic carbocycles. The van der Waals surface area contributed by atoms with Crippen LogP contribution in [0.4, 0.5) is 0 Å². The molecule has 0 unspecified atom stereocenters. The number of nitrogens with one attached hydrogen (secondary N) is 1. The summed E-state index contributed by atoms with van der Waals surface area (Å²) in [5.74, 6) is 1.73. The first-order valence-electron chi connectivity index (χ1n) is 8.64. The van der Waals surface area contributed by atoms with Gasteiger partial charge in [-0.05, 0) is 51.0 Å². The third kappa shape index (κ3) is 3.98.